The normalized spacial score (nSPS) is 16.2. The molecule has 1 saturated carbocycles. The second-order valence-electron chi connectivity index (χ2n) is 8.39. The highest BCUT2D eigenvalue weighted by atomic mass is 16.5. The van der Waals surface area contributed by atoms with Gasteiger partial charge in [0.15, 0.2) is 0 Å². The van der Waals surface area contributed by atoms with Crippen LogP contribution in [0.25, 0.3) is 22.2 Å². The number of carbonyl (C=O) groups excluding carboxylic acids is 2. The Morgan fingerprint density at radius 3 is 2.69 bits per heavy atom. The van der Waals surface area contributed by atoms with Gasteiger partial charge < -0.3 is 19.4 Å². The molecular weight excluding hydrogens is 410 g/mol. The third kappa shape index (κ3) is 3.24. The Hall–Kier alpha value is -3.62. The largest absolute Gasteiger partial charge is 0.496 e. The van der Waals surface area contributed by atoms with E-state index in [1.54, 1.807) is 7.11 Å². The first-order valence-electron chi connectivity index (χ1n) is 10.6. The van der Waals surface area contributed by atoms with E-state index in [1.165, 1.54) is 26.9 Å². The van der Waals surface area contributed by atoms with Crippen LogP contribution in [0.4, 0.5) is 5.95 Å². The molecule has 1 atom stereocenters. The average molecular weight is 435 g/mol. The Bertz CT molecular complexity index is 1250. The van der Waals surface area contributed by atoms with Crippen LogP contribution in [0.2, 0.25) is 0 Å². The van der Waals surface area contributed by atoms with Crippen molar-refractivity contribution in [1.29, 1.82) is 0 Å². The molecule has 2 aromatic heterocycles. The summed E-state index contributed by atoms with van der Waals surface area (Å²) in [4.78, 5) is 38.4. The molecule has 166 valence electrons. The van der Waals surface area contributed by atoms with Crippen molar-refractivity contribution in [2.75, 3.05) is 19.5 Å². The van der Waals surface area contributed by atoms with E-state index < -0.39 is 0 Å². The van der Waals surface area contributed by atoms with Gasteiger partial charge in [0, 0.05) is 31.3 Å². The number of nitrogens with one attached hydrogen (secondary N) is 2. The Morgan fingerprint density at radius 1 is 1.25 bits per heavy atom. The lowest BCUT2D eigenvalue weighted by atomic mass is 9.99. The first-order valence-corrected chi connectivity index (χ1v) is 10.6. The van der Waals surface area contributed by atoms with Crippen LogP contribution in [0.5, 0.6) is 11.6 Å². The number of aromatic nitrogens is 3. The van der Waals surface area contributed by atoms with E-state index in [0.29, 0.717) is 40.7 Å². The van der Waals surface area contributed by atoms with E-state index in [-0.39, 0.29) is 23.8 Å². The number of carbonyl (C=O) groups is 2. The van der Waals surface area contributed by atoms with E-state index in [4.69, 9.17) is 9.47 Å². The van der Waals surface area contributed by atoms with Crippen molar-refractivity contribution in [2.24, 2.45) is 5.92 Å². The number of anilines is 1. The van der Waals surface area contributed by atoms with E-state index in [0.717, 1.165) is 16.7 Å². The zero-order valence-electron chi connectivity index (χ0n) is 18.5. The van der Waals surface area contributed by atoms with Gasteiger partial charge in [-0.3, -0.25) is 14.9 Å². The van der Waals surface area contributed by atoms with Crippen LogP contribution in [0.3, 0.4) is 0 Å². The molecule has 3 heterocycles. The summed E-state index contributed by atoms with van der Waals surface area (Å²) in [6.45, 7) is 4.09. The molecule has 2 N–H and O–H groups in total. The number of hydrogen-bond acceptors (Lipinski definition) is 6. The quantitative estimate of drug-likeness (QED) is 0.615. The zero-order chi connectivity index (χ0) is 22.6. The fourth-order valence-electron chi connectivity index (χ4n) is 4.51. The van der Waals surface area contributed by atoms with E-state index in [1.807, 2.05) is 23.2 Å². The Kier molecular flexibility index (Phi) is 4.76. The lowest BCUT2D eigenvalue weighted by Crippen LogP contribution is -2.34. The number of hydrogen-bond donors (Lipinski definition) is 2. The molecule has 1 fully saturated rings. The number of ether oxygens (including phenoxy) is 2. The van der Waals surface area contributed by atoms with Crippen molar-refractivity contribution in [3.8, 4) is 22.8 Å². The number of fused-ring (bicyclic) bond motifs is 2. The highest BCUT2D eigenvalue weighted by Gasteiger charge is 2.40. The molecule has 5 rings (SSSR count). The minimum atomic E-state index is -0.267. The lowest BCUT2D eigenvalue weighted by molar-refractivity contribution is -0.114. The molecular formula is C23H25N5O4. The second-order valence-corrected chi connectivity index (χ2v) is 8.39. The van der Waals surface area contributed by atoms with Gasteiger partial charge in [-0.05, 0) is 48.9 Å². The molecule has 0 radical (unpaired) electrons. The Labute approximate surface area is 185 Å². The molecule has 0 bridgehead atoms. The van der Waals surface area contributed by atoms with E-state index in [2.05, 4.69) is 27.2 Å². The van der Waals surface area contributed by atoms with Crippen LogP contribution in [-0.2, 0) is 11.3 Å². The summed E-state index contributed by atoms with van der Waals surface area (Å²) in [5.74, 6) is 1.41. The van der Waals surface area contributed by atoms with Gasteiger partial charge in [-0.2, -0.15) is 9.97 Å². The standard InChI is InChI=1S/C23H25N5O4/c1-11(13-5-6-13)28-10-15-7-14(8-17(31-3)18(15)22(28)30)16-9-24-20-19(16)21(32-4)27-23(26-20)25-12(2)29/h7-9,11,13H,5-6,10H2,1-4H3,(H2,24,25,26,27,29)/t11-/m0/s1. The number of H-pyrrole nitrogens is 1. The summed E-state index contributed by atoms with van der Waals surface area (Å²) in [7, 11) is 3.10. The van der Waals surface area contributed by atoms with Gasteiger partial charge in [0.25, 0.3) is 5.91 Å². The first-order chi connectivity index (χ1) is 15.4. The van der Waals surface area contributed by atoms with Gasteiger partial charge in [-0.25, -0.2) is 0 Å². The number of benzene rings is 1. The van der Waals surface area contributed by atoms with Crippen LogP contribution in [-0.4, -0.2) is 51.9 Å². The van der Waals surface area contributed by atoms with Crippen LogP contribution >= 0.6 is 0 Å². The molecule has 1 aromatic carbocycles. The maximum absolute atomic E-state index is 13.2. The third-order valence-corrected chi connectivity index (χ3v) is 6.31. The van der Waals surface area contributed by atoms with Gasteiger partial charge >= 0.3 is 0 Å². The van der Waals surface area contributed by atoms with Crippen molar-refractivity contribution in [1.82, 2.24) is 19.9 Å². The number of rotatable bonds is 6. The lowest BCUT2D eigenvalue weighted by Gasteiger charge is -2.24. The van der Waals surface area contributed by atoms with Crippen LogP contribution in [0.15, 0.2) is 18.3 Å². The molecule has 0 saturated heterocycles. The fraction of sp³-hybridized carbons (Fsp3) is 0.391. The van der Waals surface area contributed by atoms with Gasteiger partial charge in [0.2, 0.25) is 17.7 Å². The summed E-state index contributed by atoms with van der Waals surface area (Å²) >= 11 is 0. The third-order valence-electron chi connectivity index (χ3n) is 6.31. The van der Waals surface area contributed by atoms with E-state index in [9.17, 15) is 9.59 Å². The summed E-state index contributed by atoms with van der Waals surface area (Å²) in [6.07, 6.45) is 4.18. The number of amides is 2. The zero-order valence-corrected chi connectivity index (χ0v) is 18.5. The minimum absolute atomic E-state index is 0.0302. The minimum Gasteiger partial charge on any atom is -0.496 e. The molecule has 9 nitrogen and oxygen atoms in total. The number of aromatic amines is 1. The van der Waals surface area contributed by atoms with Crippen molar-refractivity contribution >= 4 is 28.8 Å². The predicted octanol–water partition coefficient (Wildman–Crippen LogP) is 3.35. The van der Waals surface area contributed by atoms with E-state index >= 15 is 0 Å². The predicted molar refractivity (Wildman–Crippen MR) is 119 cm³/mol. The maximum Gasteiger partial charge on any atom is 0.258 e. The van der Waals surface area contributed by atoms with Crippen LogP contribution in [0.1, 0.15) is 42.6 Å². The Morgan fingerprint density at radius 2 is 2.03 bits per heavy atom. The van der Waals surface area contributed by atoms with Gasteiger partial charge in [0.05, 0.1) is 25.2 Å². The average Bonchev–Trinajstić information content (AvgIpc) is 3.45. The summed E-state index contributed by atoms with van der Waals surface area (Å²) in [5, 5.41) is 3.27. The molecule has 2 aliphatic rings. The molecule has 0 unspecified atom stereocenters. The van der Waals surface area contributed by atoms with Crippen molar-refractivity contribution in [3.05, 3.63) is 29.5 Å². The van der Waals surface area contributed by atoms with Crippen molar-refractivity contribution < 1.29 is 19.1 Å². The highest BCUT2D eigenvalue weighted by Crippen LogP contribution is 2.43. The van der Waals surface area contributed by atoms with Gasteiger partial charge in [-0.1, -0.05) is 0 Å². The fourth-order valence-corrected chi connectivity index (χ4v) is 4.51. The summed E-state index contributed by atoms with van der Waals surface area (Å²) in [5.41, 5.74) is 3.82. The summed E-state index contributed by atoms with van der Waals surface area (Å²) < 4.78 is 11.1. The maximum atomic E-state index is 13.2. The molecule has 32 heavy (non-hydrogen) atoms. The van der Waals surface area contributed by atoms with Crippen LogP contribution < -0.4 is 14.8 Å². The SMILES string of the molecule is COc1cc(-c2c[nH]c3nc(NC(C)=O)nc(OC)c23)cc2c1C(=O)N([C@@H](C)C1CC1)C2. The highest BCUT2D eigenvalue weighted by molar-refractivity contribution is 6.04. The van der Waals surface area contributed by atoms with Gasteiger partial charge in [-0.15, -0.1) is 0 Å². The molecule has 1 aliphatic carbocycles. The topological polar surface area (TPSA) is 109 Å². The van der Waals surface area contributed by atoms with Crippen molar-refractivity contribution in [3.63, 3.8) is 0 Å². The molecule has 3 aromatic rings. The van der Waals surface area contributed by atoms with Crippen LogP contribution in [0, 0.1) is 5.92 Å². The molecule has 2 amide bonds. The Balaban J connectivity index is 1.60. The first kappa shape index (κ1) is 20.3. The molecule has 9 heteroatoms. The number of nitrogens with zero attached hydrogens (tertiary/aromatic N) is 3. The second kappa shape index (κ2) is 7.51. The molecule has 0 spiro atoms. The number of methoxy groups -OCH3 is 2. The monoisotopic (exact) mass is 435 g/mol. The smallest absolute Gasteiger partial charge is 0.258 e. The van der Waals surface area contributed by atoms with Gasteiger partial charge in [0.1, 0.15) is 11.4 Å². The van der Waals surface area contributed by atoms with Crippen molar-refractivity contribution in [2.45, 2.75) is 39.3 Å². The summed E-state index contributed by atoms with van der Waals surface area (Å²) in [6, 6.07) is 4.11. The molecule has 1 aliphatic heterocycles.